The van der Waals surface area contributed by atoms with Gasteiger partial charge in [-0.3, -0.25) is 4.79 Å². The van der Waals surface area contributed by atoms with Crippen LogP contribution in [0, 0.1) is 5.92 Å². The average Bonchev–Trinajstić information content (AvgIpc) is 2.25. The number of hydrogen-bond acceptors (Lipinski definition) is 2. The van der Waals surface area contributed by atoms with E-state index in [1.54, 1.807) is 0 Å². The number of carboxylic acid groups (broad SMARTS) is 1. The Labute approximate surface area is 104 Å². The van der Waals surface area contributed by atoms with Crippen molar-refractivity contribution in [1.82, 2.24) is 5.32 Å². The van der Waals surface area contributed by atoms with Crippen molar-refractivity contribution >= 4 is 18.4 Å². The minimum atomic E-state index is -0.701. The van der Waals surface area contributed by atoms with Crippen molar-refractivity contribution in [2.75, 3.05) is 6.54 Å². The van der Waals surface area contributed by atoms with Gasteiger partial charge in [-0.25, -0.2) is 0 Å². The van der Waals surface area contributed by atoms with E-state index in [1.807, 2.05) is 6.92 Å². The van der Waals surface area contributed by atoms with Crippen LogP contribution in [-0.2, 0) is 4.79 Å². The first-order valence-electron chi connectivity index (χ1n) is 6.20. The Bertz CT molecular complexity index is 193. The molecular formula is C12H24ClNO2. The van der Waals surface area contributed by atoms with E-state index in [4.69, 9.17) is 5.11 Å². The molecule has 0 radical (unpaired) electrons. The van der Waals surface area contributed by atoms with E-state index in [1.165, 1.54) is 32.1 Å². The third-order valence-corrected chi connectivity index (χ3v) is 3.34. The van der Waals surface area contributed by atoms with Crippen LogP contribution in [0.25, 0.3) is 0 Å². The molecule has 1 fully saturated rings. The fraction of sp³-hybridized carbons (Fsp3) is 0.917. The summed E-state index contributed by atoms with van der Waals surface area (Å²) < 4.78 is 0. The molecule has 0 spiro atoms. The second-order valence-corrected chi connectivity index (χ2v) is 4.53. The van der Waals surface area contributed by atoms with Crippen LogP contribution in [0.15, 0.2) is 0 Å². The molecular weight excluding hydrogens is 226 g/mol. The first kappa shape index (κ1) is 15.7. The lowest BCUT2D eigenvalue weighted by Crippen LogP contribution is -2.36. The van der Waals surface area contributed by atoms with Gasteiger partial charge in [0.15, 0.2) is 0 Å². The topological polar surface area (TPSA) is 49.3 Å². The van der Waals surface area contributed by atoms with Crippen molar-refractivity contribution in [1.29, 1.82) is 0 Å². The molecule has 1 rings (SSSR count). The normalized spacial score (nSPS) is 18.8. The minimum Gasteiger partial charge on any atom is -0.480 e. The summed E-state index contributed by atoms with van der Waals surface area (Å²) in [6.07, 6.45) is 8.51. The maximum absolute atomic E-state index is 10.9. The third kappa shape index (κ3) is 5.71. The third-order valence-electron chi connectivity index (χ3n) is 3.34. The summed E-state index contributed by atoms with van der Waals surface area (Å²) in [5, 5.41) is 12.0. The first-order chi connectivity index (χ1) is 7.24. The van der Waals surface area contributed by atoms with Gasteiger partial charge in [0.2, 0.25) is 0 Å². The molecule has 0 amide bonds. The SMILES string of the molecule is CCN[C@H](CCC1CCCCC1)C(=O)O.Cl. The molecule has 1 aliphatic rings. The summed E-state index contributed by atoms with van der Waals surface area (Å²) in [4.78, 5) is 10.9. The molecule has 0 saturated heterocycles. The molecule has 0 aromatic carbocycles. The Balaban J connectivity index is 0.00000225. The zero-order valence-electron chi connectivity index (χ0n) is 10.1. The smallest absolute Gasteiger partial charge is 0.320 e. The van der Waals surface area contributed by atoms with Crippen molar-refractivity contribution in [2.24, 2.45) is 5.92 Å². The second kappa shape index (κ2) is 8.82. The van der Waals surface area contributed by atoms with Gasteiger partial charge >= 0.3 is 5.97 Å². The molecule has 1 atom stereocenters. The molecule has 0 aliphatic heterocycles. The molecule has 3 nitrogen and oxygen atoms in total. The molecule has 1 saturated carbocycles. The van der Waals surface area contributed by atoms with Crippen molar-refractivity contribution < 1.29 is 9.90 Å². The predicted molar refractivity (Wildman–Crippen MR) is 68.2 cm³/mol. The van der Waals surface area contributed by atoms with Gasteiger partial charge in [-0.2, -0.15) is 0 Å². The van der Waals surface area contributed by atoms with E-state index >= 15 is 0 Å². The maximum Gasteiger partial charge on any atom is 0.320 e. The van der Waals surface area contributed by atoms with Crippen LogP contribution in [0.2, 0.25) is 0 Å². The number of likely N-dealkylation sites (N-methyl/N-ethyl adjacent to an activating group) is 1. The minimum absolute atomic E-state index is 0. The average molecular weight is 250 g/mol. The molecule has 0 aromatic rings. The zero-order valence-corrected chi connectivity index (χ0v) is 10.9. The highest BCUT2D eigenvalue weighted by atomic mass is 35.5. The molecule has 0 aromatic heterocycles. The summed E-state index contributed by atoms with van der Waals surface area (Å²) in [6, 6.07) is -0.336. The van der Waals surface area contributed by atoms with Crippen molar-refractivity contribution in [3.63, 3.8) is 0 Å². The molecule has 1 aliphatic carbocycles. The summed E-state index contributed by atoms with van der Waals surface area (Å²) in [7, 11) is 0. The number of aliphatic carboxylic acids is 1. The van der Waals surface area contributed by atoms with Crippen LogP contribution in [0.1, 0.15) is 51.9 Å². The lowest BCUT2D eigenvalue weighted by molar-refractivity contribution is -0.139. The second-order valence-electron chi connectivity index (χ2n) is 4.53. The van der Waals surface area contributed by atoms with Crippen LogP contribution >= 0.6 is 12.4 Å². The van der Waals surface area contributed by atoms with Gasteiger partial charge in [0.25, 0.3) is 0 Å². The molecule has 2 N–H and O–H groups in total. The van der Waals surface area contributed by atoms with Gasteiger partial charge in [-0.1, -0.05) is 39.0 Å². The lowest BCUT2D eigenvalue weighted by Gasteiger charge is -2.23. The number of carbonyl (C=O) groups is 1. The van der Waals surface area contributed by atoms with Crippen molar-refractivity contribution in [3.05, 3.63) is 0 Å². The van der Waals surface area contributed by atoms with Gasteiger partial charge in [0.05, 0.1) is 0 Å². The van der Waals surface area contributed by atoms with Crippen LogP contribution in [0.5, 0.6) is 0 Å². The van der Waals surface area contributed by atoms with E-state index in [2.05, 4.69) is 5.32 Å². The number of carboxylic acids is 1. The fourth-order valence-electron chi connectivity index (χ4n) is 2.44. The summed E-state index contributed by atoms with van der Waals surface area (Å²) in [5.41, 5.74) is 0. The van der Waals surface area contributed by atoms with Crippen molar-refractivity contribution in [2.45, 2.75) is 57.9 Å². The molecule has 0 unspecified atom stereocenters. The standard InChI is InChI=1S/C12H23NO2.ClH/c1-2-13-11(12(14)15)9-8-10-6-4-3-5-7-10;/h10-11,13H,2-9H2,1H3,(H,14,15);1H/t11-;/m1./s1. The number of hydrogen-bond donors (Lipinski definition) is 2. The maximum atomic E-state index is 10.9. The van der Waals surface area contributed by atoms with Crippen LogP contribution in [-0.4, -0.2) is 23.7 Å². The van der Waals surface area contributed by atoms with Gasteiger partial charge in [0, 0.05) is 0 Å². The van der Waals surface area contributed by atoms with E-state index in [0.717, 1.165) is 25.3 Å². The Morgan fingerprint density at radius 3 is 2.50 bits per heavy atom. The Hall–Kier alpha value is -0.280. The van der Waals surface area contributed by atoms with Gasteiger partial charge in [-0.15, -0.1) is 12.4 Å². The highest BCUT2D eigenvalue weighted by molar-refractivity contribution is 5.85. The Morgan fingerprint density at radius 2 is 2.00 bits per heavy atom. The number of halogens is 1. The van der Waals surface area contributed by atoms with Gasteiger partial charge < -0.3 is 10.4 Å². The van der Waals surface area contributed by atoms with Crippen LogP contribution in [0.4, 0.5) is 0 Å². The molecule has 0 heterocycles. The highest BCUT2D eigenvalue weighted by Crippen LogP contribution is 2.27. The zero-order chi connectivity index (χ0) is 11.1. The lowest BCUT2D eigenvalue weighted by atomic mass is 9.85. The largest absolute Gasteiger partial charge is 0.480 e. The van der Waals surface area contributed by atoms with E-state index in [-0.39, 0.29) is 18.4 Å². The van der Waals surface area contributed by atoms with Gasteiger partial charge in [0.1, 0.15) is 6.04 Å². The van der Waals surface area contributed by atoms with Crippen LogP contribution < -0.4 is 5.32 Å². The predicted octanol–water partition coefficient (Wildman–Crippen LogP) is 2.83. The summed E-state index contributed by atoms with van der Waals surface area (Å²) >= 11 is 0. The molecule has 4 heteroatoms. The van der Waals surface area contributed by atoms with Crippen molar-refractivity contribution in [3.8, 4) is 0 Å². The summed E-state index contributed by atoms with van der Waals surface area (Å²) in [5.74, 6) is 0.0758. The van der Waals surface area contributed by atoms with E-state index in [9.17, 15) is 4.79 Å². The molecule has 0 bridgehead atoms. The fourth-order valence-corrected chi connectivity index (χ4v) is 2.44. The Morgan fingerprint density at radius 1 is 1.38 bits per heavy atom. The molecule has 96 valence electrons. The van der Waals surface area contributed by atoms with E-state index in [0.29, 0.717) is 0 Å². The van der Waals surface area contributed by atoms with Gasteiger partial charge in [-0.05, 0) is 25.3 Å². The van der Waals surface area contributed by atoms with E-state index < -0.39 is 5.97 Å². The number of nitrogens with one attached hydrogen (secondary N) is 1. The molecule has 16 heavy (non-hydrogen) atoms. The summed E-state index contributed by atoms with van der Waals surface area (Å²) in [6.45, 7) is 2.69. The van der Waals surface area contributed by atoms with Crippen LogP contribution in [0.3, 0.4) is 0 Å². The quantitative estimate of drug-likeness (QED) is 0.761. The first-order valence-corrected chi connectivity index (χ1v) is 6.20. The monoisotopic (exact) mass is 249 g/mol. The highest BCUT2D eigenvalue weighted by Gasteiger charge is 2.19. The number of rotatable bonds is 6. The Kier molecular flexibility index (Phi) is 8.67.